The lowest BCUT2D eigenvalue weighted by Gasteiger charge is -2.15. The van der Waals surface area contributed by atoms with Gasteiger partial charge in [-0.25, -0.2) is 0 Å². The largest absolute Gasteiger partial charge is 0.364 e. The molecule has 1 atom stereocenters. The van der Waals surface area contributed by atoms with Crippen molar-refractivity contribution in [1.82, 2.24) is 10.5 Å². The Morgan fingerprint density at radius 1 is 1.50 bits per heavy atom. The molecule has 1 unspecified atom stereocenters. The van der Waals surface area contributed by atoms with Crippen molar-refractivity contribution >= 4 is 0 Å². The molecule has 0 spiro atoms. The lowest BCUT2D eigenvalue weighted by molar-refractivity contribution is 0.394. The van der Waals surface area contributed by atoms with Gasteiger partial charge in [-0.1, -0.05) is 30.8 Å². The minimum atomic E-state index is 0.581. The van der Waals surface area contributed by atoms with Gasteiger partial charge in [0.05, 0.1) is 5.69 Å². The second-order valence-corrected chi connectivity index (χ2v) is 5.00. The summed E-state index contributed by atoms with van der Waals surface area (Å²) in [6.45, 7) is 3.08. The molecule has 3 nitrogen and oxygen atoms in total. The molecule has 2 rings (SSSR count). The molecule has 90 valence electrons. The molecule has 1 aromatic heterocycles. The van der Waals surface area contributed by atoms with Crippen molar-refractivity contribution in [3.63, 3.8) is 0 Å². The number of aromatic nitrogens is 1. The minimum Gasteiger partial charge on any atom is -0.364 e. The van der Waals surface area contributed by atoms with E-state index < -0.39 is 0 Å². The number of rotatable bonds is 6. The number of nitrogens with zero attached hydrogens (tertiary/aromatic N) is 1. The van der Waals surface area contributed by atoms with Gasteiger partial charge >= 0.3 is 0 Å². The average Bonchev–Trinajstić information content (AvgIpc) is 2.96. The van der Waals surface area contributed by atoms with Crippen molar-refractivity contribution in [2.75, 3.05) is 0 Å². The maximum absolute atomic E-state index is 4.80. The molecule has 0 saturated heterocycles. The van der Waals surface area contributed by atoms with Crippen LogP contribution in [0.4, 0.5) is 0 Å². The molecular formula is C13H22N2O. The summed E-state index contributed by atoms with van der Waals surface area (Å²) in [6.07, 6.45) is 10.1. The Morgan fingerprint density at radius 3 is 3.00 bits per heavy atom. The lowest BCUT2D eigenvalue weighted by Crippen LogP contribution is -2.26. The Morgan fingerprint density at radius 2 is 2.31 bits per heavy atom. The Bertz CT molecular complexity index is 278. The van der Waals surface area contributed by atoms with Crippen molar-refractivity contribution in [1.29, 1.82) is 0 Å². The van der Waals surface area contributed by atoms with Gasteiger partial charge in [0, 0.05) is 18.7 Å². The number of hydrogen-bond donors (Lipinski definition) is 1. The average molecular weight is 222 g/mol. The van der Waals surface area contributed by atoms with E-state index in [-0.39, 0.29) is 0 Å². The summed E-state index contributed by atoms with van der Waals surface area (Å²) in [5.41, 5.74) is 0.993. The smallest absolute Gasteiger partial charge is 0.124 e. The van der Waals surface area contributed by atoms with E-state index in [1.54, 1.807) is 6.26 Å². The first-order valence-corrected chi connectivity index (χ1v) is 6.47. The van der Waals surface area contributed by atoms with E-state index in [2.05, 4.69) is 17.4 Å². The standard InChI is InChI=1S/C13H22N2O/c1-11(6-7-12-4-2-3-5-12)14-10-13-8-9-16-15-13/h8-9,11-12,14H,2-7,10H2,1H3. The monoisotopic (exact) mass is 222 g/mol. The summed E-state index contributed by atoms with van der Waals surface area (Å²) >= 11 is 0. The predicted molar refractivity (Wildman–Crippen MR) is 64.0 cm³/mol. The van der Waals surface area contributed by atoms with Crippen molar-refractivity contribution in [3.05, 3.63) is 18.0 Å². The third-order valence-corrected chi connectivity index (χ3v) is 3.61. The van der Waals surface area contributed by atoms with Crippen LogP contribution in [0.15, 0.2) is 16.9 Å². The van der Waals surface area contributed by atoms with E-state index in [1.165, 1.54) is 38.5 Å². The topological polar surface area (TPSA) is 38.1 Å². The van der Waals surface area contributed by atoms with Gasteiger partial charge in [0.25, 0.3) is 0 Å². The van der Waals surface area contributed by atoms with Gasteiger partial charge in [-0.3, -0.25) is 0 Å². The quantitative estimate of drug-likeness (QED) is 0.803. The van der Waals surface area contributed by atoms with Gasteiger partial charge < -0.3 is 9.84 Å². The molecule has 0 radical (unpaired) electrons. The molecule has 1 aliphatic carbocycles. The van der Waals surface area contributed by atoms with E-state index in [1.807, 2.05) is 6.07 Å². The molecule has 0 bridgehead atoms. The first-order valence-electron chi connectivity index (χ1n) is 6.47. The maximum Gasteiger partial charge on any atom is 0.124 e. The van der Waals surface area contributed by atoms with Crippen LogP contribution in [0, 0.1) is 5.92 Å². The fraction of sp³-hybridized carbons (Fsp3) is 0.769. The molecular weight excluding hydrogens is 200 g/mol. The zero-order valence-electron chi connectivity index (χ0n) is 10.1. The Kier molecular flexibility index (Phi) is 4.40. The van der Waals surface area contributed by atoms with Crippen LogP contribution in [0.25, 0.3) is 0 Å². The number of nitrogens with one attached hydrogen (secondary N) is 1. The summed E-state index contributed by atoms with van der Waals surface area (Å²) in [6, 6.07) is 2.49. The van der Waals surface area contributed by atoms with Crippen LogP contribution < -0.4 is 5.32 Å². The van der Waals surface area contributed by atoms with Gasteiger partial charge in [-0.05, 0) is 25.7 Å². The van der Waals surface area contributed by atoms with Crippen LogP contribution in [0.1, 0.15) is 51.1 Å². The van der Waals surface area contributed by atoms with Crippen LogP contribution >= 0.6 is 0 Å². The van der Waals surface area contributed by atoms with Crippen LogP contribution in [-0.4, -0.2) is 11.2 Å². The van der Waals surface area contributed by atoms with Gasteiger partial charge in [0.1, 0.15) is 6.26 Å². The lowest BCUT2D eigenvalue weighted by atomic mass is 9.99. The van der Waals surface area contributed by atoms with E-state index in [4.69, 9.17) is 4.52 Å². The number of hydrogen-bond acceptors (Lipinski definition) is 3. The van der Waals surface area contributed by atoms with Crippen LogP contribution in [-0.2, 0) is 6.54 Å². The third kappa shape index (κ3) is 3.63. The highest BCUT2D eigenvalue weighted by atomic mass is 16.5. The molecule has 0 aliphatic heterocycles. The summed E-state index contributed by atoms with van der Waals surface area (Å²) in [7, 11) is 0. The first kappa shape index (κ1) is 11.6. The van der Waals surface area contributed by atoms with Gasteiger partial charge in [-0.2, -0.15) is 0 Å². The molecule has 1 aromatic rings. The minimum absolute atomic E-state index is 0.581. The van der Waals surface area contributed by atoms with Gasteiger partial charge in [-0.15, -0.1) is 0 Å². The van der Waals surface area contributed by atoms with Crippen LogP contribution in [0.5, 0.6) is 0 Å². The highest BCUT2D eigenvalue weighted by Gasteiger charge is 2.15. The second-order valence-electron chi connectivity index (χ2n) is 5.00. The maximum atomic E-state index is 4.80. The van der Waals surface area contributed by atoms with Gasteiger partial charge in [0.2, 0.25) is 0 Å². The molecule has 1 saturated carbocycles. The Labute approximate surface area is 97.6 Å². The highest BCUT2D eigenvalue weighted by Crippen LogP contribution is 2.28. The molecule has 1 aliphatic rings. The second kappa shape index (κ2) is 6.04. The van der Waals surface area contributed by atoms with Crippen molar-refractivity contribution in [2.24, 2.45) is 5.92 Å². The predicted octanol–water partition coefficient (Wildman–Crippen LogP) is 3.12. The molecule has 0 aromatic carbocycles. The van der Waals surface area contributed by atoms with Crippen molar-refractivity contribution in [2.45, 2.75) is 58.0 Å². The SMILES string of the molecule is CC(CCC1CCCC1)NCc1ccon1. The van der Waals surface area contributed by atoms with E-state index in [9.17, 15) is 0 Å². The van der Waals surface area contributed by atoms with E-state index in [0.29, 0.717) is 6.04 Å². The van der Waals surface area contributed by atoms with E-state index >= 15 is 0 Å². The molecule has 1 N–H and O–H groups in total. The first-order chi connectivity index (χ1) is 7.84. The van der Waals surface area contributed by atoms with Crippen molar-refractivity contribution in [3.8, 4) is 0 Å². The Balaban J connectivity index is 1.58. The molecule has 1 heterocycles. The molecule has 16 heavy (non-hydrogen) atoms. The fourth-order valence-corrected chi connectivity index (χ4v) is 2.49. The zero-order valence-corrected chi connectivity index (χ0v) is 10.1. The third-order valence-electron chi connectivity index (χ3n) is 3.61. The Hall–Kier alpha value is -0.830. The molecule has 0 amide bonds. The molecule has 1 fully saturated rings. The summed E-state index contributed by atoms with van der Waals surface area (Å²) in [4.78, 5) is 0. The van der Waals surface area contributed by atoms with Gasteiger partial charge in [0.15, 0.2) is 0 Å². The zero-order chi connectivity index (χ0) is 11.2. The summed E-state index contributed by atoms with van der Waals surface area (Å²) < 4.78 is 4.80. The summed E-state index contributed by atoms with van der Waals surface area (Å²) in [5.74, 6) is 0.997. The fourth-order valence-electron chi connectivity index (χ4n) is 2.49. The highest BCUT2D eigenvalue weighted by molar-refractivity contribution is 4.94. The van der Waals surface area contributed by atoms with Crippen LogP contribution in [0.3, 0.4) is 0 Å². The molecule has 3 heteroatoms. The van der Waals surface area contributed by atoms with Crippen molar-refractivity contribution < 1.29 is 4.52 Å². The summed E-state index contributed by atoms with van der Waals surface area (Å²) in [5, 5.41) is 7.37. The normalized spacial score (nSPS) is 19.1. The van der Waals surface area contributed by atoms with E-state index in [0.717, 1.165) is 18.2 Å². The van der Waals surface area contributed by atoms with Crippen LogP contribution in [0.2, 0.25) is 0 Å².